The zero-order valence-electron chi connectivity index (χ0n) is 19.5. The smallest absolute Gasteiger partial charge is 0.160 e. The minimum atomic E-state index is 0.316. The van der Waals surface area contributed by atoms with Crippen LogP contribution in [-0.4, -0.2) is 57.1 Å². The van der Waals surface area contributed by atoms with E-state index in [-0.39, 0.29) is 0 Å². The summed E-state index contributed by atoms with van der Waals surface area (Å²) >= 11 is 0. The van der Waals surface area contributed by atoms with E-state index in [4.69, 9.17) is 18.9 Å². The molecule has 4 rings (SSSR count). The molecule has 1 saturated carbocycles. The lowest BCUT2D eigenvalue weighted by molar-refractivity contribution is -0.0352. The summed E-state index contributed by atoms with van der Waals surface area (Å²) in [6, 6.07) is 17.1. The molecule has 2 aromatic carbocycles. The van der Waals surface area contributed by atoms with E-state index >= 15 is 0 Å². The van der Waals surface area contributed by atoms with Gasteiger partial charge in [0.2, 0.25) is 0 Å². The van der Waals surface area contributed by atoms with Crippen molar-refractivity contribution in [1.82, 2.24) is 4.90 Å². The second kappa shape index (κ2) is 11.7. The minimum absolute atomic E-state index is 0.316. The van der Waals surface area contributed by atoms with Gasteiger partial charge in [-0.1, -0.05) is 49.2 Å². The van der Waals surface area contributed by atoms with Crippen molar-refractivity contribution in [3.8, 4) is 11.5 Å². The van der Waals surface area contributed by atoms with Crippen LogP contribution in [0, 0.1) is 0 Å². The van der Waals surface area contributed by atoms with Crippen LogP contribution in [0.5, 0.6) is 11.5 Å². The molecule has 0 aromatic heterocycles. The largest absolute Gasteiger partial charge is 0.493 e. The lowest BCUT2D eigenvalue weighted by Crippen LogP contribution is -2.46. The highest BCUT2D eigenvalue weighted by molar-refractivity contribution is 5.42. The summed E-state index contributed by atoms with van der Waals surface area (Å²) < 4.78 is 23.4. The van der Waals surface area contributed by atoms with Crippen LogP contribution in [-0.2, 0) is 22.5 Å². The van der Waals surface area contributed by atoms with Crippen LogP contribution in [0.3, 0.4) is 0 Å². The molecule has 2 aromatic rings. The van der Waals surface area contributed by atoms with E-state index in [9.17, 15) is 0 Å². The van der Waals surface area contributed by atoms with Gasteiger partial charge in [0.15, 0.2) is 11.5 Å². The highest BCUT2D eigenvalue weighted by atomic mass is 16.5. The molecule has 1 aliphatic carbocycles. The first-order valence-electron chi connectivity index (χ1n) is 12.0. The van der Waals surface area contributed by atoms with E-state index in [1.54, 1.807) is 14.2 Å². The molecule has 2 aliphatic rings. The van der Waals surface area contributed by atoms with Gasteiger partial charge in [-0.15, -0.1) is 0 Å². The molecule has 1 aliphatic heterocycles. The van der Waals surface area contributed by atoms with E-state index in [1.165, 1.54) is 30.4 Å². The van der Waals surface area contributed by atoms with Crippen LogP contribution < -0.4 is 9.47 Å². The SMILES string of the molecule is COc1cc(CCOC2CCCCC2N2CC[C@@H](OCc3ccccc3)C2)ccc1O[13CH3]. The standard InChI is InChI=1S/C27H37NO4/c1-29-26-13-12-21(18-27(26)30-2)15-17-31-25-11-7-6-10-24(25)28-16-14-23(19-28)32-20-22-8-4-3-5-9-22/h3-5,8-9,12-13,18,23-25H,6-7,10-11,14-17,19-20H2,1-2H3/t23-,24?,25?/m1/s1/i1+1. The zero-order valence-corrected chi connectivity index (χ0v) is 19.5. The molecule has 5 heteroatoms. The Hall–Kier alpha value is -2.08. The number of rotatable bonds is 10. The quantitative estimate of drug-likeness (QED) is 0.493. The van der Waals surface area contributed by atoms with Crippen molar-refractivity contribution in [2.24, 2.45) is 0 Å². The van der Waals surface area contributed by atoms with Crippen LogP contribution in [0.25, 0.3) is 0 Å². The van der Waals surface area contributed by atoms with Crippen LogP contribution in [0.4, 0.5) is 0 Å². The predicted octanol–water partition coefficient (Wildman–Crippen LogP) is 4.87. The number of benzene rings is 2. The molecule has 32 heavy (non-hydrogen) atoms. The number of hydrogen-bond donors (Lipinski definition) is 0. The molecule has 0 amide bonds. The van der Waals surface area contributed by atoms with Crippen LogP contribution in [0.15, 0.2) is 48.5 Å². The predicted molar refractivity (Wildman–Crippen MR) is 126 cm³/mol. The fourth-order valence-corrected chi connectivity index (χ4v) is 5.03. The van der Waals surface area contributed by atoms with E-state index in [0.29, 0.717) is 24.9 Å². The normalized spacial score (nSPS) is 23.9. The van der Waals surface area contributed by atoms with Gasteiger partial charge in [0.05, 0.1) is 39.6 Å². The highest BCUT2D eigenvalue weighted by Crippen LogP contribution is 2.30. The zero-order chi connectivity index (χ0) is 22.2. The van der Waals surface area contributed by atoms with Gasteiger partial charge in [0, 0.05) is 19.1 Å². The van der Waals surface area contributed by atoms with Crippen molar-refractivity contribution in [3.05, 3.63) is 59.7 Å². The number of hydrogen-bond acceptors (Lipinski definition) is 5. The maximum atomic E-state index is 6.45. The summed E-state index contributed by atoms with van der Waals surface area (Å²) in [7, 11) is 3.34. The third-order valence-corrected chi connectivity index (χ3v) is 6.81. The van der Waals surface area contributed by atoms with Gasteiger partial charge in [0.25, 0.3) is 0 Å². The number of methoxy groups -OCH3 is 2. The second-order valence-corrected chi connectivity index (χ2v) is 8.90. The third-order valence-electron chi connectivity index (χ3n) is 6.81. The number of likely N-dealkylation sites (tertiary alicyclic amines) is 1. The summed E-state index contributed by atoms with van der Waals surface area (Å²) in [6.07, 6.45) is 7.58. The molecule has 174 valence electrons. The average molecular weight is 441 g/mol. The van der Waals surface area contributed by atoms with Gasteiger partial charge in [-0.25, -0.2) is 0 Å². The first kappa shape index (κ1) is 23.1. The molecule has 1 heterocycles. The van der Waals surface area contributed by atoms with Gasteiger partial charge >= 0.3 is 0 Å². The van der Waals surface area contributed by atoms with Crippen molar-refractivity contribution in [2.75, 3.05) is 33.9 Å². The van der Waals surface area contributed by atoms with E-state index in [1.807, 2.05) is 6.07 Å². The Labute approximate surface area is 192 Å². The molecule has 0 N–H and O–H groups in total. The maximum absolute atomic E-state index is 6.45. The number of nitrogens with zero attached hydrogens (tertiary/aromatic N) is 1. The molecule has 0 bridgehead atoms. The molecule has 5 nitrogen and oxygen atoms in total. The lowest BCUT2D eigenvalue weighted by atomic mass is 9.91. The summed E-state index contributed by atoms with van der Waals surface area (Å²) in [6.45, 7) is 3.57. The Morgan fingerprint density at radius 1 is 0.844 bits per heavy atom. The first-order chi connectivity index (χ1) is 15.8. The van der Waals surface area contributed by atoms with Crippen LogP contribution in [0.2, 0.25) is 0 Å². The first-order valence-corrected chi connectivity index (χ1v) is 12.0. The summed E-state index contributed by atoms with van der Waals surface area (Å²) in [5, 5.41) is 0. The van der Waals surface area contributed by atoms with Crippen molar-refractivity contribution in [1.29, 1.82) is 0 Å². The van der Waals surface area contributed by atoms with E-state index in [2.05, 4.69) is 47.4 Å². The fourth-order valence-electron chi connectivity index (χ4n) is 5.03. The fraction of sp³-hybridized carbons (Fsp3) is 0.556. The molecule has 3 atom stereocenters. The van der Waals surface area contributed by atoms with Gasteiger partial charge in [-0.05, 0) is 48.9 Å². The molecule has 1 saturated heterocycles. The molecule has 2 unspecified atom stereocenters. The Balaban J connectivity index is 1.26. The minimum Gasteiger partial charge on any atom is -0.493 e. The lowest BCUT2D eigenvalue weighted by Gasteiger charge is -2.37. The van der Waals surface area contributed by atoms with Gasteiger partial charge < -0.3 is 18.9 Å². The monoisotopic (exact) mass is 440 g/mol. The van der Waals surface area contributed by atoms with Crippen molar-refractivity contribution in [2.45, 2.75) is 63.4 Å². The van der Waals surface area contributed by atoms with E-state index in [0.717, 1.165) is 50.5 Å². The Kier molecular flexibility index (Phi) is 8.43. The van der Waals surface area contributed by atoms with Gasteiger partial charge in [-0.2, -0.15) is 0 Å². The number of ether oxygens (including phenoxy) is 4. The summed E-state index contributed by atoms with van der Waals surface area (Å²) in [5.41, 5.74) is 2.46. The molecule has 2 fully saturated rings. The Morgan fingerprint density at radius 2 is 1.66 bits per heavy atom. The maximum Gasteiger partial charge on any atom is 0.160 e. The van der Waals surface area contributed by atoms with Crippen LogP contribution in [0.1, 0.15) is 43.2 Å². The second-order valence-electron chi connectivity index (χ2n) is 8.90. The van der Waals surface area contributed by atoms with Crippen molar-refractivity contribution < 1.29 is 18.9 Å². The topological polar surface area (TPSA) is 40.2 Å². The van der Waals surface area contributed by atoms with Crippen LogP contribution >= 0.6 is 0 Å². The molecular formula is C27H37NO4. The Bertz CT molecular complexity index is 828. The molecule has 0 spiro atoms. The van der Waals surface area contributed by atoms with Crippen molar-refractivity contribution in [3.63, 3.8) is 0 Å². The summed E-state index contributed by atoms with van der Waals surface area (Å²) in [5.74, 6) is 1.54. The highest BCUT2D eigenvalue weighted by Gasteiger charge is 2.35. The Morgan fingerprint density at radius 3 is 2.47 bits per heavy atom. The summed E-state index contributed by atoms with van der Waals surface area (Å²) in [4.78, 5) is 2.62. The third kappa shape index (κ3) is 6.03. The van der Waals surface area contributed by atoms with Gasteiger partial charge in [0.1, 0.15) is 0 Å². The van der Waals surface area contributed by atoms with E-state index < -0.39 is 0 Å². The van der Waals surface area contributed by atoms with Crippen molar-refractivity contribution >= 4 is 0 Å². The molecular weight excluding hydrogens is 403 g/mol. The van der Waals surface area contributed by atoms with Gasteiger partial charge in [-0.3, -0.25) is 4.90 Å². The molecule has 0 radical (unpaired) electrons. The average Bonchev–Trinajstić information content (AvgIpc) is 3.32.